The van der Waals surface area contributed by atoms with Crippen LogP contribution in [0.15, 0.2) is 23.1 Å². The van der Waals surface area contributed by atoms with Crippen LogP contribution < -0.4 is 20.5 Å². The molecule has 1 amide bonds. The molecule has 1 saturated heterocycles. The van der Waals surface area contributed by atoms with Gasteiger partial charge in [0, 0.05) is 12.5 Å². The predicted molar refractivity (Wildman–Crippen MR) is 90.5 cm³/mol. The summed E-state index contributed by atoms with van der Waals surface area (Å²) in [5, 5.41) is 11.1. The van der Waals surface area contributed by atoms with Gasteiger partial charge in [-0.15, -0.1) is 12.4 Å². The molecule has 0 spiro atoms. The summed E-state index contributed by atoms with van der Waals surface area (Å²) in [4.78, 5) is 12.0. The van der Waals surface area contributed by atoms with E-state index in [1.54, 1.807) is 0 Å². The van der Waals surface area contributed by atoms with Crippen LogP contribution in [0.2, 0.25) is 0 Å². The van der Waals surface area contributed by atoms with Gasteiger partial charge in [-0.3, -0.25) is 4.79 Å². The van der Waals surface area contributed by atoms with Crippen molar-refractivity contribution >= 4 is 34.0 Å². The Morgan fingerprint density at radius 2 is 2.22 bits per heavy atom. The van der Waals surface area contributed by atoms with Gasteiger partial charge in [0.2, 0.25) is 15.9 Å². The van der Waals surface area contributed by atoms with Gasteiger partial charge in [0.1, 0.15) is 5.75 Å². The van der Waals surface area contributed by atoms with E-state index in [-0.39, 0.29) is 23.2 Å². The first-order valence-electron chi connectivity index (χ1n) is 7.14. The molecule has 1 aliphatic heterocycles. The van der Waals surface area contributed by atoms with Crippen LogP contribution in [-0.2, 0) is 14.8 Å². The van der Waals surface area contributed by atoms with Crippen molar-refractivity contribution in [2.24, 2.45) is 5.14 Å². The van der Waals surface area contributed by atoms with E-state index in [2.05, 4.69) is 10.6 Å². The Morgan fingerprint density at radius 3 is 2.78 bits per heavy atom. The summed E-state index contributed by atoms with van der Waals surface area (Å²) in [7, 11) is -2.38. The van der Waals surface area contributed by atoms with E-state index in [0.29, 0.717) is 23.9 Å². The van der Waals surface area contributed by atoms with Gasteiger partial charge in [0.25, 0.3) is 0 Å². The minimum absolute atomic E-state index is 0. The van der Waals surface area contributed by atoms with Crippen molar-refractivity contribution in [3.8, 4) is 5.75 Å². The molecule has 1 unspecified atom stereocenters. The largest absolute Gasteiger partial charge is 0.495 e. The van der Waals surface area contributed by atoms with E-state index < -0.39 is 10.0 Å². The maximum absolute atomic E-state index is 12.0. The Bertz CT molecular complexity index is 645. The van der Waals surface area contributed by atoms with E-state index >= 15 is 0 Å². The molecule has 0 aromatic heterocycles. The standard InChI is InChI=1S/C14H21N3O4S.ClH/c1-21-13-6-5-11(22(15,19)20)9-12(13)17-14(18)7-4-10-3-2-8-16-10;/h5-6,9-10,16H,2-4,7-8H2,1H3,(H,17,18)(H2,15,19,20);1H. The molecule has 1 aromatic carbocycles. The topological polar surface area (TPSA) is 111 Å². The fourth-order valence-electron chi connectivity index (χ4n) is 2.48. The molecule has 0 saturated carbocycles. The quantitative estimate of drug-likeness (QED) is 0.704. The molecule has 1 heterocycles. The molecule has 1 aliphatic rings. The zero-order valence-corrected chi connectivity index (χ0v) is 14.5. The number of benzene rings is 1. The molecular weight excluding hydrogens is 342 g/mol. The van der Waals surface area contributed by atoms with E-state index in [1.165, 1.54) is 25.3 Å². The van der Waals surface area contributed by atoms with Crippen LogP contribution in [-0.4, -0.2) is 34.0 Å². The predicted octanol–water partition coefficient (Wildman–Crippen LogP) is 1.24. The van der Waals surface area contributed by atoms with Crippen LogP contribution in [0.25, 0.3) is 0 Å². The third-order valence-corrected chi connectivity index (χ3v) is 4.57. The smallest absolute Gasteiger partial charge is 0.238 e. The molecule has 130 valence electrons. The first kappa shape index (κ1) is 19.7. The number of halogens is 1. The van der Waals surface area contributed by atoms with Gasteiger partial charge in [-0.25, -0.2) is 13.6 Å². The van der Waals surface area contributed by atoms with E-state index in [0.717, 1.165) is 25.8 Å². The Hall–Kier alpha value is -1.35. The number of anilines is 1. The molecule has 1 aromatic rings. The molecule has 2 rings (SSSR count). The number of carbonyl (C=O) groups is 1. The number of nitrogens with two attached hydrogens (primary N) is 1. The zero-order valence-electron chi connectivity index (χ0n) is 12.9. The van der Waals surface area contributed by atoms with Crippen molar-refractivity contribution in [3.05, 3.63) is 18.2 Å². The monoisotopic (exact) mass is 363 g/mol. The van der Waals surface area contributed by atoms with Gasteiger partial charge in [-0.1, -0.05) is 0 Å². The second-order valence-electron chi connectivity index (χ2n) is 5.29. The van der Waals surface area contributed by atoms with E-state index in [9.17, 15) is 13.2 Å². The van der Waals surface area contributed by atoms with Crippen molar-refractivity contribution in [2.45, 2.75) is 36.6 Å². The molecule has 1 fully saturated rings. The summed E-state index contributed by atoms with van der Waals surface area (Å²) in [5.41, 5.74) is 0.304. The van der Waals surface area contributed by atoms with Gasteiger partial charge in [0.15, 0.2) is 0 Å². The van der Waals surface area contributed by atoms with Gasteiger partial charge in [-0.2, -0.15) is 0 Å². The summed E-state index contributed by atoms with van der Waals surface area (Å²) < 4.78 is 27.9. The normalized spacial score (nSPS) is 17.4. The summed E-state index contributed by atoms with van der Waals surface area (Å²) in [6, 6.07) is 4.49. The van der Waals surface area contributed by atoms with Gasteiger partial charge in [-0.05, 0) is 44.0 Å². The minimum Gasteiger partial charge on any atom is -0.495 e. The fourth-order valence-corrected chi connectivity index (χ4v) is 3.02. The average Bonchev–Trinajstić information content (AvgIpc) is 2.97. The maximum atomic E-state index is 12.0. The zero-order chi connectivity index (χ0) is 16.2. The molecule has 9 heteroatoms. The molecule has 4 N–H and O–H groups in total. The van der Waals surface area contributed by atoms with Crippen LogP contribution in [0.4, 0.5) is 5.69 Å². The number of nitrogens with one attached hydrogen (secondary N) is 2. The number of ether oxygens (including phenoxy) is 1. The lowest BCUT2D eigenvalue weighted by Gasteiger charge is -2.13. The lowest BCUT2D eigenvalue weighted by Crippen LogP contribution is -2.23. The highest BCUT2D eigenvalue weighted by Gasteiger charge is 2.17. The van der Waals surface area contributed by atoms with Crippen molar-refractivity contribution in [3.63, 3.8) is 0 Å². The van der Waals surface area contributed by atoms with Crippen LogP contribution in [0.1, 0.15) is 25.7 Å². The van der Waals surface area contributed by atoms with Crippen molar-refractivity contribution in [2.75, 3.05) is 19.0 Å². The number of primary sulfonamides is 1. The number of sulfonamides is 1. The van der Waals surface area contributed by atoms with E-state index in [1.807, 2.05) is 0 Å². The Morgan fingerprint density at radius 1 is 1.48 bits per heavy atom. The SMILES string of the molecule is COc1ccc(S(N)(=O)=O)cc1NC(=O)CCC1CCCN1.Cl. The Balaban J connectivity index is 0.00000264. The third-order valence-electron chi connectivity index (χ3n) is 3.66. The lowest BCUT2D eigenvalue weighted by molar-refractivity contribution is -0.116. The molecule has 7 nitrogen and oxygen atoms in total. The number of amides is 1. The van der Waals surface area contributed by atoms with Crippen molar-refractivity contribution in [1.29, 1.82) is 0 Å². The lowest BCUT2D eigenvalue weighted by atomic mass is 10.1. The maximum Gasteiger partial charge on any atom is 0.238 e. The second-order valence-corrected chi connectivity index (χ2v) is 6.85. The van der Waals surface area contributed by atoms with Crippen molar-refractivity contribution in [1.82, 2.24) is 5.32 Å². The van der Waals surface area contributed by atoms with Gasteiger partial charge < -0.3 is 15.4 Å². The van der Waals surface area contributed by atoms with Gasteiger partial charge in [0.05, 0.1) is 17.7 Å². The summed E-state index contributed by atoms with van der Waals surface area (Å²) in [6.45, 7) is 0.997. The molecule has 1 atom stereocenters. The van der Waals surface area contributed by atoms with E-state index in [4.69, 9.17) is 9.88 Å². The minimum atomic E-state index is -3.83. The number of rotatable bonds is 6. The highest BCUT2D eigenvalue weighted by atomic mass is 35.5. The number of methoxy groups -OCH3 is 1. The molecule has 23 heavy (non-hydrogen) atoms. The first-order chi connectivity index (χ1) is 10.4. The van der Waals surface area contributed by atoms with Crippen LogP contribution in [0.3, 0.4) is 0 Å². The number of carbonyl (C=O) groups excluding carboxylic acids is 1. The Labute approximate surface area is 142 Å². The number of hydrogen-bond acceptors (Lipinski definition) is 5. The molecular formula is C14H22ClN3O4S. The Kier molecular flexibility index (Phi) is 7.27. The van der Waals surface area contributed by atoms with Crippen molar-refractivity contribution < 1.29 is 17.9 Å². The van der Waals surface area contributed by atoms with Crippen LogP contribution in [0, 0.1) is 0 Å². The highest BCUT2D eigenvalue weighted by molar-refractivity contribution is 7.89. The molecule has 0 bridgehead atoms. The number of hydrogen-bond donors (Lipinski definition) is 3. The fraction of sp³-hybridized carbons (Fsp3) is 0.500. The summed E-state index contributed by atoms with van der Waals surface area (Å²) in [5.74, 6) is 0.207. The average molecular weight is 364 g/mol. The molecule has 0 radical (unpaired) electrons. The van der Waals surface area contributed by atoms with Crippen LogP contribution >= 0.6 is 12.4 Å². The first-order valence-corrected chi connectivity index (χ1v) is 8.69. The third kappa shape index (κ3) is 5.65. The highest BCUT2D eigenvalue weighted by Crippen LogP contribution is 2.27. The van der Waals surface area contributed by atoms with Gasteiger partial charge >= 0.3 is 0 Å². The second kappa shape index (κ2) is 8.49. The summed E-state index contributed by atoms with van der Waals surface area (Å²) in [6.07, 6.45) is 3.33. The van der Waals surface area contributed by atoms with Crippen LogP contribution in [0.5, 0.6) is 5.75 Å². The molecule has 0 aliphatic carbocycles. The summed E-state index contributed by atoms with van der Waals surface area (Å²) >= 11 is 0.